The van der Waals surface area contributed by atoms with Gasteiger partial charge < -0.3 is 9.84 Å². The third-order valence-electron chi connectivity index (χ3n) is 2.61. The molecular weight excluding hydrogens is 274 g/mol. The average molecular weight is 295 g/mol. The zero-order valence-corrected chi connectivity index (χ0v) is 12.7. The van der Waals surface area contributed by atoms with Gasteiger partial charge in [0, 0.05) is 6.42 Å². The Kier molecular flexibility index (Phi) is 5.72. The molecule has 0 bridgehead atoms. The summed E-state index contributed by atoms with van der Waals surface area (Å²) in [7, 11) is 1.24. The van der Waals surface area contributed by atoms with Crippen LogP contribution in [0.2, 0.25) is 0 Å². The molecule has 1 unspecified atom stereocenters. The number of carbonyl (C=O) groups is 2. The zero-order chi connectivity index (χ0) is 16.0. The molecule has 0 spiro atoms. The van der Waals surface area contributed by atoms with E-state index in [-0.39, 0.29) is 6.42 Å². The van der Waals surface area contributed by atoms with Gasteiger partial charge in [0.1, 0.15) is 5.60 Å². The van der Waals surface area contributed by atoms with Crippen molar-refractivity contribution >= 4 is 12.1 Å². The maximum absolute atomic E-state index is 12.0. The highest BCUT2D eigenvalue weighted by atomic mass is 16.7. The molecule has 1 amide bonds. The molecule has 1 aromatic rings. The molecule has 1 N–H and O–H groups in total. The lowest BCUT2D eigenvalue weighted by Gasteiger charge is -2.29. The maximum Gasteiger partial charge on any atom is 0.435 e. The molecule has 6 heteroatoms. The summed E-state index contributed by atoms with van der Waals surface area (Å²) in [5, 5.41) is 10.1. The smallest absolute Gasteiger partial charge is 0.435 e. The second-order valence-electron chi connectivity index (χ2n) is 5.53. The Morgan fingerprint density at radius 2 is 1.81 bits per heavy atom. The Bertz CT molecular complexity index is 481. The molecule has 0 radical (unpaired) electrons. The van der Waals surface area contributed by atoms with Crippen molar-refractivity contribution in [3.05, 3.63) is 35.9 Å². The number of amides is 1. The number of nitrogens with zero attached hydrogens (tertiary/aromatic N) is 1. The van der Waals surface area contributed by atoms with Crippen LogP contribution in [-0.4, -0.2) is 41.0 Å². The van der Waals surface area contributed by atoms with Crippen molar-refractivity contribution < 1.29 is 24.3 Å². The average Bonchev–Trinajstić information content (AvgIpc) is 2.37. The van der Waals surface area contributed by atoms with Crippen LogP contribution in [0.15, 0.2) is 30.3 Å². The molecule has 0 aliphatic heterocycles. The molecule has 6 nitrogen and oxygen atoms in total. The van der Waals surface area contributed by atoms with E-state index in [0.717, 1.165) is 10.6 Å². The number of ether oxygens (including phenoxy) is 1. The maximum atomic E-state index is 12.0. The van der Waals surface area contributed by atoms with Gasteiger partial charge in [-0.3, -0.25) is 4.84 Å². The van der Waals surface area contributed by atoms with Gasteiger partial charge in [0.15, 0.2) is 6.04 Å². The summed E-state index contributed by atoms with van der Waals surface area (Å²) in [6, 6.07) is 7.86. The Hall–Kier alpha value is -2.08. The van der Waals surface area contributed by atoms with Crippen molar-refractivity contribution in [2.75, 3.05) is 7.11 Å². The van der Waals surface area contributed by atoms with Crippen LogP contribution < -0.4 is 0 Å². The molecule has 0 aliphatic carbocycles. The molecular formula is C15H21NO5. The second-order valence-corrected chi connectivity index (χ2v) is 5.53. The quantitative estimate of drug-likeness (QED) is 0.845. The normalized spacial score (nSPS) is 12.6. The summed E-state index contributed by atoms with van der Waals surface area (Å²) in [5.74, 6) is -1.16. The van der Waals surface area contributed by atoms with Crippen LogP contribution >= 0.6 is 0 Å². The van der Waals surface area contributed by atoms with Crippen LogP contribution in [0, 0.1) is 0 Å². The molecule has 116 valence electrons. The Morgan fingerprint density at radius 1 is 1.24 bits per heavy atom. The summed E-state index contributed by atoms with van der Waals surface area (Å²) in [5.41, 5.74) is 0.0550. The number of hydrogen-bond donors (Lipinski definition) is 1. The number of carboxylic acid groups (broad SMARTS) is 1. The van der Waals surface area contributed by atoms with Crippen molar-refractivity contribution in [1.29, 1.82) is 0 Å². The summed E-state index contributed by atoms with van der Waals surface area (Å²) in [6.45, 7) is 5.10. The third kappa shape index (κ3) is 5.43. The van der Waals surface area contributed by atoms with Gasteiger partial charge in [0.05, 0.1) is 7.11 Å². The first kappa shape index (κ1) is 17.0. The number of hydroxylamine groups is 2. The molecule has 0 saturated carbocycles. The molecule has 1 atom stereocenters. The van der Waals surface area contributed by atoms with E-state index in [4.69, 9.17) is 9.57 Å². The van der Waals surface area contributed by atoms with Gasteiger partial charge >= 0.3 is 12.1 Å². The minimum atomic E-state index is -1.16. The van der Waals surface area contributed by atoms with Crippen molar-refractivity contribution in [1.82, 2.24) is 5.06 Å². The molecule has 21 heavy (non-hydrogen) atoms. The van der Waals surface area contributed by atoms with E-state index < -0.39 is 23.7 Å². The third-order valence-corrected chi connectivity index (χ3v) is 2.61. The lowest BCUT2D eigenvalue weighted by molar-refractivity contribution is -0.175. The number of aliphatic carboxylic acids is 1. The Balaban J connectivity index is 2.91. The predicted molar refractivity (Wildman–Crippen MR) is 76.7 cm³/mol. The number of benzene rings is 1. The Morgan fingerprint density at radius 3 is 2.24 bits per heavy atom. The van der Waals surface area contributed by atoms with Gasteiger partial charge in [-0.05, 0) is 26.3 Å². The fraction of sp³-hybridized carbons (Fsp3) is 0.467. The van der Waals surface area contributed by atoms with E-state index in [9.17, 15) is 14.7 Å². The van der Waals surface area contributed by atoms with Crippen molar-refractivity contribution in [3.8, 4) is 0 Å². The van der Waals surface area contributed by atoms with E-state index in [0.29, 0.717) is 0 Å². The van der Waals surface area contributed by atoms with E-state index in [1.54, 1.807) is 45.0 Å². The first-order valence-electron chi connectivity index (χ1n) is 6.57. The molecule has 0 saturated heterocycles. The minimum absolute atomic E-state index is 0.128. The van der Waals surface area contributed by atoms with Crippen LogP contribution in [0.4, 0.5) is 4.79 Å². The van der Waals surface area contributed by atoms with Crippen LogP contribution in [0.1, 0.15) is 26.3 Å². The van der Waals surface area contributed by atoms with E-state index >= 15 is 0 Å². The molecule has 0 aliphatic rings. The monoisotopic (exact) mass is 295 g/mol. The molecule has 0 heterocycles. The largest absolute Gasteiger partial charge is 0.480 e. The summed E-state index contributed by atoms with van der Waals surface area (Å²) in [6.07, 6.45) is -0.697. The fourth-order valence-corrected chi connectivity index (χ4v) is 1.74. The van der Waals surface area contributed by atoms with E-state index in [2.05, 4.69) is 0 Å². The van der Waals surface area contributed by atoms with Crippen molar-refractivity contribution in [2.45, 2.75) is 38.8 Å². The number of rotatable bonds is 5. The highest BCUT2D eigenvalue weighted by Gasteiger charge is 2.33. The van der Waals surface area contributed by atoms with E-state index in [1.807, 2.05) is 6.07 Å². The van der Waals surface area contributed by atoms with Gasteiger partial charge in [0.2, 0.25) is 0 Å². The van der Waals surface area contributed by atoms with Gasteiger partial charge in [-0.1, -0.05) is 30.3 Å². The van der Waals surface area contributed by atoms with Crippen molar-refractivity contribution in [2.24, 2.45) is 0 Å². The van der Waals surface area contributed by atoms with Crippen LogP contribution in [0.3, 0.4) is 0 Å². The van der Waals surface area contributed by atoms with Gasteiger partial charge in [-0.15, -0.1) is 0 Å². The highest BCUT2D eigenvalue weighted by molar-refractivity contribution is 5.79. The summed E-state index contributed by atoms with van der Waals surface area (Å²) < 4.78 is 5.16. The fourth-order valence-electron chi connectivity index (χ4n) is 1.74. The van der Waals surface area contributed by atoms with E-state index in [1.165, 1.54) is 7.11 Å². The summed E-state index contributed by atoms with van der Waals surface area (Å²) >= 11 is 0. The van der Waals surface area contributed by atoms with Crippen LogP contribution in [0.5, 0.6) is 0 Å². The minimum Gasteiger partial charge on any atom is -0.480 e. The highest BCUT2D eigenvalue weighted by Crippen LogP contribution is 2.15. The SMILES string of the molecule is CON(C(=O)OC(C)(C)C)C(Cc1ccccc1)C(=O)O. The first-order valence-corrected chi connectivity index (χ1v) is 6.57. The summed E-state index contributed by atoms with van der Waals surface area (Å²) in [4.78, 5) is 28.4. The number of carbonyl (C=O) groups excluding carboxylic acids is 1. The standard InChI is InChI=1S/C15H21NO5/c1-15(2,3)21-14(19)16(20-4)12(13(17)18)10-11-8-6-5-7-9-11/h5-9,12H,10H2,1-4H3,(H,17,18). The van der Waals surface area contributed by atoms with Gasteiger partial charge in [-0.25, -0.2) is 9.59 Å². The van der Waals surface area contributed by atoms with Crippen LogP contribution in [0.25, 0.3) is 0 Å². The zero-order valence-electron chi connectivity index (χ0n) is 12.7. The topological polar surface area (TPSA) is 76.1 Å². The molecule has 1 aromatic carbocycles. The lowest BCUT2D eigenvalue weighted by Crippen LogP contribution is -2.47. The number of carboxylic acids is 1. The van der Waals surface area contributed by atoms with Crippen molar-refractivity contribution in [3.63, 3.8) is 0 Å². The molecule has 0 fully saturated rings. The first-order chi connectivity index (χ1) is 9.74. The number of hydrogen-bond acceptors (Lipinski definition) is 4. The van der Waals surface area contributed by atoms with Gasteiger partial charge in [0.25, 0.3) is 0 Å². The second kappa shape index (κ2) is 7.08. The molecule has 1 rings (SSSR count). The molecule has 0 aromatic heterocycles. The lowest BCUT2D eigenvalue weighted by atomic mass is 10.1. The predicted octanol–water partition coefficient (Wildman–Crippen LogP) is 2.48. The Labute approximate surface area is 124 Å². The van der Waals surface area contributed by atoms with Gasteiger partial charge in [-0.2, -0.15) is 5.06 Å². The van der Waals surface area contributed by atoms with Crippen LogP contribution in [-0.2, 0) is 20.8 Å².